The Morgan fingerprint density at radius 2 is 2.04 bits per heavy atom. The molecule has 0 spiro atoms. The Kier molecular flexibility index (Phi) is 8.71. The molecule has 0 radical (unpaired) electrons. The molecule has 0 atom stereocenters. The van der Waals surface area contributed by atoms with Gasteiger partial charge in [0, 0.05) is 46.0 Å². The van der Waals surface area contributed by atoms with Gasteiger partial charge in [0.2, 0.25) is 0 Å². The molecule has 0 unspecified atom stereocenters. The quantitative estimate of drug-likeness (QED) is 0.394. The fraction of sp³-hybridized carbons (Fsp3) is 0.789. The number of aliphatic imine (C=N–C) groups is 1. The smallest absolute Gasteiger partial charge is 0.193 e. The average Bonchev–Trinajstić information content (AvgIpc) is 3.15. The fourth-order valence-electron chi connectivity index (χ4n) is 3.92. The molecular formula is C19H36IN5. The molecule has 1 N–H and O–H groups in total. The molecule has 5 nitrogen and oxygen atoms in total. The van der Waals surface area contributed by atoms with E-state index in [4.69, 9.17) is 0 Å². The first-order chi connectivity index (χ1) is 11.4. The lowest BCUT2D eigenvalue weighted by Crippen LogP contribution is -2.43. The largest absolute Gasteiger partial charge is 0.356 e. The second kappa shape index (κ2) is 9.78. The molecule has 0 amide bonds. The van der Waals surface area contributed by atoms with Crippen molar-refractivity contribution < 1.29 is 0 Å². The summed E-state index contributed by atoms with van der Waals surface area (Å²) in [5, 5.41) is 8.24. The molecule has 1 aliphatic carbocycles. The lowest BCUT2D eigenvalue weighted by molar-refractivity contribution is 0.279. The van der Waals surface area contributed by atoms with Crippen molar-refractivity contribution in [3.05, 3.63) is 17.5 Å². The summed E-state index contributed by atoms with van der Waals surface area (Å²) >= 11 is 0. The van der Waals surface area contributed by atoms with Crippen LogP contribution in [0.1, 0.15) is 70.1 Å². The van der Waals surface area contributed by atoms with Crippen molar-refractivity contribution in [3.8, 4) is 0 Å². The number of nitrogens with one attached hydrogen (secondary N) is 1. The summed E-state index contributed by atoms with van der Waals surface area (Å²) in [4.78, 5) is 6.71. The Bertz CT molecular complexity index is 558. The van der Waals surface area contributed by atoms with Crippen molar-refractivity contribution in [1.29, 1.82) is 0 Å². The summed E-state index contributed by atoms with van der Waals surface area (Å²) in [5.74, 6) is 1.42. The Balaban J connectivity index is 0.00000312. The number of hydrogen-bond donors (Lipinski definition) is 1. The van der Waals surface area contributed by atoms with Crippen LogP contribution in [0.5, 0.6) is 0 Å². The van der Waals surface area contributed by atoms with Crippen molar-refractivity contribution in [2.75, 3.05) is 20.6 Å². The van der Waals surface area contributed by atoms with Gasteiger partial charge in [-0.2, -0.15) is 5.10 Å². The second-order valence-corrected chi connectivity index (χ2v) is 7.69. The van der Waals surface area contributed by atoms with Crippen molar-refractivity contribution >= 4 is 29.9 Å². The van der Waals surface area contributed by atoms with Gasteiger partial charge in [0.15, 0.2) is 5.96 Å². The monoisotopic (exact) mass is 461 g/mol. The van der Waals surface area contributed by atoms with E-state index in [1.54, 1.807) is 0 Å². The Labute approximate surface area is 170 Å². The molecule has 0 aliphatic heterocycles. The second-order valence-electron chi connectivity index (χ2n) is 7.69. The third-order valence-corrected chi connectivity index (χ3v) is 5.50. The van der Waals surface area contributed by atoms with Gasteiger partial charge in [-0.05, 0) is 30.6 Å². The Morgan fingerprint density at radius 1 is 1.40 bits per heavy atom. The van der Waals surface area contributed by atoms with Gasteiger partial charge >= 0.3 is 0 Å². The SMILES string of the molecule is CCC1(CNC(=NC)N(C)Cc2cn(C)nc2C(C)C)CCCC1.I. The number of rotatable bonds is 6. The van der Waals surface area contributed by atoms with Crippen LogP contribution in [-0.2, 0) is 13.6 Å². The standard InChI is InChI=1S/C19H35N5.HI/c1-7-19(10-8-9-11-19)14-21-18(20-4)23(5)12-16-13-24(6)22-17(16)15(2)3;/h13,15H,7-12,14H2,1-6H3,(H,20,21);1H. The minimum absolute atomic E-state index is 0. The zero-order valence-electron chi connectivity index (χ0n) is 16.8. The average molecular weight is 461 g/mol. The molecule has 1 aromatic heterocycles. The zero-order valence-corrected chi connectivity index (χ0v) is 19.1. The molecule has 0 saturated heterocycles. The molecular weight excluding hydrogens is 425 g/mol. The van der Waals surface area contributed by atoms with Crippen LogP contribution in [0.2, 0.25) is 0 Å². The van der Waals surface area contributed by atoms with E-state index >= 15 is 0 Å². The van der Waals surface area contributed by atoms with E-state index in [0.29, 0.717) is 11.3 Å². The molecule has 144 valence electrons. The first-order valence-corrected chi connectivity index (χ1v) is 9.35. The van der Waals surface area contributed by atoms with Gasteiger partial charge in [-0.25, -0.2) is 0 Å². The van der Waals surface area contributed by atoms with Gasteiger partial charge in [0.05, 0.1) is 5.69 Å². The normalized spacial score (nSPS) is 16.8. The van der Waals surface area contributed by atoms with Crippen LogP contribution < -0.4 is 5.32 Å². The highest BCUT2D eigenvalue weighted by atomic mass is 127. The molecule has 0 aromatic carbocycles. The lowest BCUT2D eigenvalue weighted by atomic mass is 9.83. The minimum Gasteiger partial charge on any atom is -0.356 e. The number of halogens is 1. The summed E-state index contributed by atoms with van der Waals surface area (Å²) in [6.45, 7) is 8.59. The van der Waals surface area contributed by atoms with E-state index in [1.807, 2.05) is 18.8 Å². The first kappa shape index (κ1) is 22.3. The molecule has 6 heteroatoms. The maximum atomic E-state index is 4.61. The van der Waals surface area contributed by atoms with Gasteiger partial charge in [0.25, 0.3) is 0 Å². The maximum Gasteiger partial charge on any atom is 0.193 e. The predicted molar refractivity (Wildman–Crippen MR) is 117 cm³/mol. The summed E-state index contributed by atoms with van der Waals surface area (Å²) < 4.78 is 1.92. The lowest BCUT2D eigenvalue weighted by Gasteiger charge is -2.30. The molecule has 25 heavy (non-hydrogen) atoms. The van der Waals surface area contributed by atoms with E-state index in [2.05, 4.69) is 54.3 Å². The molecule has 1 heterocycles. The first-order valence-electron chi connectivity index (χ1n) is 9.35. The zero-order chi connectivity index (χ0) is 17.7. The van der Waals surface area contributed by atoms with Crippen LogP contribution >= 0.6 is 24.0 Å². The third kappa shape index (κ3) is 5.59. The highest BCUT2D eigenvalue weighted by Crippen LogP contribution is 2.40. The van der Waals surface area contributed by atoms with Gasteiger partial charge in [-0.1, -0.05) is 33.6 Å². The highest BCUT2D eigenvalue weighted by Gasteiger charge is 2.32. The van der Waals surface area contributed by atoms with E-state index in [-0.39, 0.29) is 24.0 Å². The van der Waals surface area contributed by atoms with Crippen LogP contribution in [0.25, 0.3) is 0 Å². The highest BCUT2D eigenvalue weighted by molar-refractivity contribution is 14.0. The van der Waals surface area contributed by atoms with Crippen molar-refractivity contribution in [1.82, 2.24) is 20.0 Å². The van der Waals surface area contributed by atoms with E-state index in [0.717, 1.165) is 19.0 Å². The Morgan fingerprint density at radius 3 is 2.56 bits per heavy atom. The van der Waals surface area contributed by atoms with Crippen LogP contribution in [0.3, 0.4) is 0 Å². The number of aromatic nitrogens is 2. The maximum absolute atomic E-state index is 4.61. The molecule has 1 fully saturated rings. The topological polar surface area (TPSA) is 45.5 Å². The molecule has 2 rings (SSSR count). The van der Waals surface area contributed by atoms with Gasteiger partial charge in [-0.3, -0.25) is 9.67 Å². The number of hydrogen-bond acceptors (Lipinski definition) is 2. The Hall–Kier alpha value is -0.790. The number of nitrogens with zero attached hydrogens (tertiary/aromatic N) is 4. The van der Waals surface area contributed by atoms with Crippen LogP contribution in [0.15, 0.2) is 11.2 Å². The van der Waals surface area contributed by atoms with Crippen LogP contribution in [0, 0.1) is 5.41 Å². The summed E-state index contributed by atoms with van der Waals surface area (Å²) in [6.07, 6.45) is 8.81. The third-order valence-electron chi connectivity index (χ3n) is 5.50. The van der Waals surface area contributed by atoms with Gasteiger partial charge in [0.1, 0.15) is 0 Å². The molecule has 1 aliphatic rings. The predicted octanol–water partition coefficient (Wildman–Crippen LogP) is 4.14. The summed E-state index contributed by atoms with van der Waals surface area (Å²) in [5.41, 5.74) is 2.93. The molecule has 1 aromatic rings. The summed E-state index contributed by atoms with van der Waals surface area (Å²) in [6, 6.07) is 0. The molecule has 1 saturated carbocycles. The van der Waals surface area contributed by atoms with Crippen molar-refractivity contribution in [2.24, 2.45) is 17.5 Å². The van der Waals surface area contributed by atoms with Gasteiger partial charge in [-0.15, -0.1) is 24.0 Å². The van der Waals surface area contributed by atoms with E-state index in [9.17, 15) is 0 Å². The molecule has 0 bridgehead atoms. The van der Waals surface area contributed by atoms with E-state index in [1.165, 1.54) is 43.4 Å². The van der Waals surface area contributed by atoms with Crippen LogP contribution in [0.4, 0.5) is 0 Å². The van der Waals surface area contributed by atoms with Crippen molar-refractivity contribution in [3.63, 3.8) is 0 Å². The van der Waals surface area contributed by atoms with Gasteiger partial charge < -0.3 is 10.2 Å². The van der Waals surface area contributed by atoms with Crippen LogP contribution in [-0.4, -0.2) is 41.3 Å². The number of aryl methyl sites for hydroxylation is 1. The fourth-order valence-corrected chi connectivity index (χ4v) is 3.92. The minimum atomic E-state index is 0. The number of guanidine groups is 1. The van der Waals surface area contributed by atoms with E-state index < -0.39 is 0 Å². The van der Waals surface area contributed by atoms with Crippen molar-refractivity contribution in [2.45, 2.75) is 65.3 Å². The summed E-state index contributed by atoms with van der Waals surface area (Å²) in [7, 11) is 5.98.